The van der Waals surface area contributed by atoms with E-state index < -0.39 is 0 Å². The van der Waals surface area contributed by atoms with E-state index >= 15 is 0 Å². The molecule has 0 aliphatic heterocycles. The summed E-state index contributed by atoms with van der Waals surface area (Å²) in [5.41, 5.74) is 0.112. The molecule has 0 aromatic carbocycles. The number of urea groups is 1. The van der Waals surface area contributed by atoms with E-state index in [9.17, 15) is 4.79 Å². The number of nitrogens with one attached hydrogen (secondary N) is 1. The molecule has 2 rings (SSSR count). The van der Waals surface area contributed by atoms with Gasteiger partial charge in [-0.25, -0.2) is 4.79 Å². The third-order valence-electron chi connectivity index (χ3n) is 4.47. The summed E-state index contributed by atoms with van der Waals surface area (Å²) in [4.78, 5) is 15.3. The highest BCUT2D eigenvalue weighted by atomic mass is 32.1. The van der Waals surface area contributed by atoms with Crippen LogP contribution in [-0.4, -0.2) is 42.3 Å². The molecule has 0 radical (unpaired) electrons. The third-order valence-corrected chi connectivity index (χ3v) is 5.59. The minimum Gasteiger partial charge on any atom is -0.395 e. The maximum absolute atomic E-state index is 12.2. The topological polar surface area (TPSA) is 52.6 Å². The van der Waals surface area contributed by atoms with Crippen LogP contribution in [0, 0.1) is 0 Å². The van der Waals surface area contributed by atoms with Gasteiger partial charge in [0.25, 0.3) is 0 Å². The van der Waals surface area contributed by atoms with Crippen molar-refractivity contribution in [2.75, 3.05) is 26.2 Å². The van der Waals surface area contributed by atoms with Gasteiger partial charge in [0.1, 0.15) is 0 Å². The van der Waals surface area contributed by atoms with Crippen molar-refractivity contribution in [3.05, 3.63) is 22.4 Å². The standard InChI is InChI=1S/C16H26N2O2S/c1-2-18(10-11-19)15(20)17-13-16(8-4-3-5-9-16)14-7-6-12-21-14/h6-7,12,19H,2-5,8-11,13H2,1H3,(H,17,20). The number of hydrogen-bond acceptors (Lipinski definition) is 3. The Labute approximate surface area is 131 Å². The summed E-state index contributed by atoms with van der Waals surface area (Å²) >= 11 is 1.80. The van der Waals surface area contributed by atoms with Crippen LogP contribution in [0.1, 0.15) is 43.9 Å². The first-order chi connectivity index (χ1) is 10.2. The summed E-state index contributed by atoms with van der Waals surface area (Å²) in [7, 11) is 0. The predicted octanol–water partition coefficient (Wildman–Crippen LogP) is 2.97. The highest BCUT2D eigenvalue weighted by molar-refractivity contribution is 7.10. The highest BCUT2D eigenvalue weighted by Crippen LogP contribution is 2.41. The summed E-state index contributed by atoms with van der Waals surface area (Å²) in [5.74, 6) is 0. The Morgan fingerprint density at radius 1 is 1.43 bits per heavy atom. The maximum Gasteiger partial charge on any atom is 0.317 e. The molecule has 0 atom stereocenters. The molecule has 1 aliphatic rings. The number of amides is 2. The van der Waals surface area contributed by atoms with E-state index in [-0.39, 0.29) is 18.1 Å². The van der Waals surface area contributed by atoms with Crippen LogP contribution in [-0.2, 0) is 5.41 Å². The zero-order valence-electron chi connectivity index (χ0n) is 12.8. The zero-order valence-corrected chi connectivity index (χ0v) is 13.6. The number of aliphatic hydroxyl groups is 1. The first-order valence-electron chi connectivity index (χ1n) is 7.89. The monoisotopic (exact) mass is 310 g/mol. The summed E-state index contributed by atoms with van der Waals surface area (Å²) in [5, 5.41) is 14.2. The second-order valence-corrected chi connectivity index (χ2v) is 6.73. The number of nitrogens with zero attached hydrogens (tertiary/aromatic N) is 1. The maximum atomic E-state index is 12.2. The Balaban J connectivity index is 2.01. The van der Waals surface area contributed by atoms with Crippen molar-refractivity contribution in [3.8, 4) is 0 Å². The normalized spacial score (nSPS) is 17.4. The van der Waals surface area contributed by atoms with Gasteiger partial charge in [0.05, 0.1) is 6.61 Å². The molecule has 1 fully saturated rings. The van der Waals surface area contributed by atoms with Gasteiger partial charge in [-0.05, 0) is 31.2 Å². The SMILES string of the molecule is CCN(CCO)C(=O)NCC1(c2cccs2)CCCCC1. The van der Waals surface area contributed by atoms with Crippen LogP contribution >= 0.6 is 11.3 Å². The third kappa shape index (κ3) is 3.98. The van der Waals surface area contributed by atoms with Crippen molar-refractivity contribution >= 4 is 17.4 Å². The zero-order chi connectivity index (χ0) is 15.1. The van der Waals surface area contributed by atoms with E-state index in [2.05, 4.69) is 22.8 Å². The van der Waals surface area contributed by atoms with Crippen LogP contribution in [0.5, 0.6) is 0 Å². The molecule has 4 nitrogen and oxygen atoms in total. The Bertz CT molecular complexity index is 427. The van der Waals surface area contributed by atoms with Gasteiger partial charge in [0.2, 0.25) is 0 Å². The number of likely N-dealkylation sites (N-methyl/N-ethyl adjacent to an activating group) is 1. The smallest absolute Gasteiger partial charge is 0.317 e. The fourth-order valence-corrected chi connectivity index (χ4v) is 4.19. The lowest BCUT2D eigenvalue weighted by atomic mass is 9.73. The lowest BCUT2D eigenvalue weighted by molar-refractivity contribution is 0.175. The minimum atomic E-state index is -0.0620. The van der Waals surface area contributed by atoms with Gasteiger partial charge in [0.15, 0.2) is 0 Å². The van der Waals surface area contributed by atoms with Crippen LogP contribution in [0.4, 0.5) is 4.79 Å². The Kier molecular flexibility index (Phi) is 6.06. The second-order valence-electron chi connectivity index (χ2n) is 5.78. The van der Waals surface area contributed by atoms with E-state index in [0.717, 1.165) is 12.8 Å². The molecule has 5 heteroatoms. The quantitative estimate of drug-likeness (QED) is 0.849. The number of carbonyl (C=O) groups excluding carboxylic acids is 1. The fourth-order valence-electron chi connectivity index (χ4n) is 3.20. The molecule has 0 saturated heterocycles. The van der Waals surface area contributed by atoms with Gasteiger partial charge in [-0.3, -0.25) is 0 Å². The molecule has 0 spiro atoms. The van der Waals surface area contributed by atoms with Crippen molar-refractivity contribution < 1.29 is 9.90 Å². The molecule has 1 aromatic heterocycles. The van der Waals surface area contributed by atoms with Crippen molar-refractivity contribution in [3.63, 3.8) is 0 Å². The van der Waals surface area contributed by atoms with E-state index in [0.29, 0.717) is 19.6 Å². The molecule has 1 aliphatic carbocycles. The van der Waals surface area contributed by atoms with Gasteiger partial charge >= 0.3 is 6.03 Å². The molecule has 0 bridgehead atoms. The van der Waals surface area contributed by atoms with Gasteiger partial charge in [-0.15, -0.1) is 11.3 Å². The van der Waals surface area contributed by atoms with Gasteiger partial charge in [-0.2, -0.15) is 0 Å². The van der Waals surface area contributed by atoms with E-state index in [4.69, 9.17) is 5.11 Å². The summed E-state index contributed by atoms with van der Waals surface area (Å²) in [6.07, 6.45) is 6.08. The molecule has 21 heavy (non-hydrogen) atoms. The molecular weight excluding hydrogens is 284 g/mol. The van der Waals surface area contributed by atoms with Crippen molar-refractivity contribution in [2.45, 2.75) is 44.4 Å². The van der Waals surface area contributed by atoms with Crippen LogP contribution < -0.4 is 5.32 Å². The highest BCUT2D eigenvalue weighted by Gasteiger charge is 2.35. The molecule has 1 heterocycles. The number of carbonyl (C=O) groups is 1. The molecule has 1 aromatic rings. The fraction of sp³-hybridized carbons (Fsp3) is 0.688. The van der Waals surface area contributed by atoms with Crippen LogP contribution in [0.3, 0.4) is 0 Å². The van der Waals surface area contributed by atoms with Crippen LogP contribution in [0.25, 0.3) is 0 Å². The van der Waals surface area contributed by atoms with Gasteiger partial charge in [0, 0.05) is 29.9 Å². The second kappa shape index (κ2) is 7.80. The number of rotatable bonds is 6. The van der Waals surface area contributed by atoms with Crippen molar-refractivity contribution in [2.24, 2.45) is 0 Å². The molecule has 0 unspecified atom stereocenters. The Morgan fingerprint density at radius 3 is 2.76 bits per heavy atom. The molecule has 118 valence electrons. The number of hydrogen-bond donors (Lipinski definition) is 2. The molecular formula is C16H26N2O2S. The Hall–Kier alpha value is -1.07. The molecule has 2 N–H and O–H groups in total. The first kappa shape index (κ1) is 16.3. The average Bonchev–Trinajstić information content (AvgIpc) is 3.06. The predicted molar refractivity (Wildman–Crippen MR) is 86.8 cm³/mol. The first-order valence-corrected chi connectivity index (χ1v) is 8.77. The lowest BCUT2D eigenvalue weighted by Gasteiger charge is -2.37. The summed E-state index contributed by atoms with van der Waals surface area (Å²) < 4.78 is 0. The largest absolute Gasteiger partial charge is 0.395 e. The number of thiophene rings is 1. The summed E-state index contributed by atoms with van der Waals surface area (Å²) in [6.45, 7) is 3.67. The van der Waals surface area contributed by atoms with Crippen LogP contribution in [0.15, 0.2) is 17.5 Å². The number of aliphatic hydroxyl groups excluding tert-OH is 1. The molecule has 2 amide bonds. The van der Waals surface area contributed by atoms with E-state index in [1.54, 1.807) is 16.2 Å². The van der Waals surface area contributed by atoms with Crippen molar-refractivity contribution in [1.82, 2.24) is 10.2 Å². The van der Waals surface area contributed by atoms with Crippen molar-refractivity contribution in [1.29, 1.82) is 0 Å². The van der Waals surface area contributed by atoms with Crippen LogP contribution in [0.2, 0.25) is 0 Å². The van der Waals surface area contributed by atoms with Gasteiger partial charge in [-0.1, -0.05) is 25.3 Å². The Morgan fingerprint density at radius 2 is 2.19 bits per heavy atom. The summed E-state index contributed by atoms with van der Waals surface area (Å²) in [6, 6.07) is 4.24. The van der Waals surface area contributed by atoms with Gasteiger partial charge < -0.3 is 15.3 Å². The van der Waals surface area contributed by atoms with E-state index in [1.165, 1.54) is 24.1 Å². The lowest BCUT2D eigenvalue weighted by Crippen LogP contribution is -2.47. The molecule has 1 saturated carbocycles. The van der Waals surface area contributed by atoms with E-state index in [1.807, 2.05) is 6.92 Å². The average molecular weight is 310 g/mol. The minimum absolute atomic E-state index is 0.0112.